The normalized spacial score (nSPS) is 14.6. The highest BCUT2D eigenvalue weighted by Gasteiger charge is 2.22. The highest BCUT2D eigenvalue weighted by molar-refractivity contribution is 5.94. The number of piperazine rings is 1. The molecule has 3 rings (SSSR count). The quantitative estimate of drug-likeness (QED) is 0.798. The Morgan fingerprint density at radius 3 is 2.31 bits per heavy atom. The molecule has 1 fully saturated rings. The minimum atomic E-state index is 0.0908. The lowest BCUT2D eigenvalue weighted by atomic mass is 10.1. The molecule has 0 saturated carbocycles. The van der Waals surface area contributed by atoms with Crippen LogP contribution in [-0.2, 0) is 0 Å². The number of hydrogen-bond donors (Lipinski definition) is 0. The van der Waals surface area contributed by atoms with Gasteiger partial charge in [-0.2, -0.15) is 0 Å². The third kappa shape index (κ3) is 4.75. The fraction of sp³-hybridized carbons (Fsp3) is 0.429. The molecule has 0 radical (unpaired) electrons. The van der Waals surface area contributed by atoms with Gasteiger partial charge in [0, 0.05) is 49.8 Å². The topological polar surface area (TPSA) is 45.7 Å². The van der Waals surface area contributed by atoms with Crippen molar-refractivity contribution in [3.05, 3.63) is 54.4 Å². The summed E-state index contributed by atoms with van der Waals surface area (Å²) in [6, 6.07) is 11.5. The van der Waals surface area contributed by atoms with Crippen LogP contribution in [-0.4, -0.2) is 48.6 Å². The van der Waals surface area contributed by atoms with Gasteiger partial charge in [0.15, 0.2) is 0 Å². The van der Waals surface area contributed by atoms with Gasteiger partial charge in [-0.15, -0.1) is 0 Å². The zero-order chi connectivity index (χ0) is 18.4. The van der Waals surface area contributed by atoms with Crippen LogP contribution in [0, 0.1) is 5.92 Å². The van der Waals surface area contributed by atoms with Gasteiger partial charge in [0.2, 0.25) is 0 Å². The maximum atomic E-state index is 12.7. The monoisotopic (exact) mass is 353 g/mol. The Bertz CT molecular complexity index is 693. The van der Waals surface area contributed by atoms with Crippen LogP contribution in [0.3, 0.4) is 0 Å². The van der Waals surface area contributed by atoms with Crippen molar-refractivity contribution in [2.75, 3.05) is 37.7 Å². The second kappa shape index (κ2) is 8.70. The molecular formula is C21H27N3O2. The van der Waals surface area contributed by atoms with Gasteiger partial charge in [-0.25, -0.2) is 0 Å². The van der Waals surface area contributed by atoms with Gasteiger partial charge in [-0.1, -0.05) is 13.8 Å². The summed E-state index contributed by atoms with van der Waals surface area (Å²) >= 11 is 0. The number of pyridine rings is 1. The molecule has 0 aliphatic carbocycles. The molecule has 1 saturated heterocycles. The van der Waals surface area contributed by atoms with Crippen molar-refractivity contribution in [1.82, 2.24) is 9.88 Å². The molecule has 26 heavy (non-hydrogen) atoms. The SMILES string of the molecule is CC(C)CCOc1ccc(C(=O)N2CCN(c3ccncc3)CC2)cc1. The molecule has 0 unspecified atom stereocenters. The summed E-state index contributed by atoms with van der Waals surface area (Å²) in [6.45, 7) is 8.21. The Morgan fingerprint density at radius 2 is 1.69 bits per heavy atom. The van der Waals surface area contributed by atoms with Crippen LogP contribution < -0.4 is 9.64 Å². The molecule has 1 amide bonds. The molecule has 2 heterocycles. The number of rotatable bonds is 6. The van der Waals surface area contributed by atoms with Gasteiger partial charge in [-0.3, -0.25) is 9.78 Å². The number of hydrogen-bond acceptors (Lipinski definition) is 4. The van der Waals surface area contributed by atoms with Crippen LogP contribution >= 0.6 is 0 Å². The maximum Gasteiger partial charge on any atom is 0.253 e. The Kier molecular flexibility index (Phi) is 6.10. The van der Waals surface area contributed by atoms with E-state index in [2.05, 4.69) is 23.7 Å². The fourth-order valence-electron chi connectivity index (χ4n) is 3.01. The molecule has 2 aromatic rings. The summed E-state index contributed by atoms with van der Waals surface area (Å²) in [4.78, 5) is 21.0. The Hall–Kier alpha value is -2.56. The molecule has 1 aliphatic heterocycles. The summed E-state index contributed by atoms with van der Waals surface area (Å²) in [6.07, 6.45) is 4.64. The van der Waals surface area contributed by atoms with E-state index in [1.54, 1.807) is 12.4 Å². The first-order valence-corrected chi connectivity index (χ1v) is 9.30. The summed E-state index contributed by atoms with van der Waals surface area (Å²) in [5, 5.41) is 0. The van der Waals surface area contributed by atoms with Crippen LogP contribution in [0.4, 0.5) is 5.69 Å². The smallest absolute Gasteiger partial charge is 0.253 e. The van der Waals surface area contributed by atoms with Crippen molar-refractivity contribution < 1.29 is 9.53 Å². The highest BCUT2D eigenvalue weighted by atomic mass is 16.5. The number of anilines is 1. The summed E-state index contributed by atoms with van der Waals surface area (Å²) in [5.41, 5.74) is 1.88. The second-order valence-electron chi connectivity index (χ2n) is 7.04. The molecule has 5 heteroatoms. The van der Waals surface area contributed by atoms with Crippen LogP contribution in [0.25, 0.3) is 0 Å². The number of aromatic nitrogens is 1. The van der Waals surface area contributed by atoms with E-state index >= 15 is 0 Å². The largest absolute Gasteiger partial charge is 0.494 e. The molecular weight excluding hydrogens is 326 g/mol. The molecule has 1 aromatic carbocycles. The zero-order valence-corrected chi connectivity index (χ0v) is 15.6. The van der Waals surface area contributed by atoms with Crippen LogP contribution in [0.5, 0.6) is 5.75 Å². The third-order valence-corrected chi connectivity index (χ3v) is 4.66. The van der Waals surface area contributed by atoms with Crippen molar-refractivity contribution in [2.24, 2.45) is 5.92 Å². The number of amides is 1. The van der Waals surface area contributed by atoms with Crippen molar-refractivity contribution in [3.8, 4) is 5.75 Å². The number of ether oxygens (including phenoxy) is 1. The Morgan fingerprint density at radius 1 is 1.04 bits per heavy atom. The molecule has 0 spiro atoms. The van der Waals surface area contributed by atoms with Gasteiger partial charge in [0.1, 0.15) is 5.75 Å². The number of carbonyl (C=O) groups is 1. The number of nitrogens with zero attached hydrogens (tertiary/aromatic N) is 3. The van der Waals surface area contributed by atoms with Crippen molar-refractivity contribution >= 4 is 11.6 Å². The van der Waals surface area contributed by atoms with Gasteiger partial charge in [0.25, 0.3) is 5.91 Å². The van der Waals surface area contributed by atoms with Crippen molar-refractivity contribution in [1.29, 1.82) is 0 Å². The van der Waals surface area contributed by atoms with Gasteiger partial charge in [0.05, 0.1) is 6.61 Å². The van der Waals surface area contributed by atoms with Crippen molar-refractivity contribution in [3.63, 3.8) is 0 Å². The molecule has 0 atom stereocenters. The fourth-order valence-corrected chi connectivity index (χ4v) is 3.01. The summed E-state index contributed by atoms with van der Waals surface area (Å²) < 4.78 is 5.72. The van der Waals surface area contributed by atoms with Crippen LogP contribution in [0.15, 0.2) is 48.8 Å². The minimum Gasteiger partial charge on any atom is -0.494 e. The standard InChI is InChI=1S/C21H27N3O2/c1-17(2)9-16-26-20-5-3-18(4-6-20)21(25)24-14-12-23(13-15-24)19-7-10-22-11-8-19/h3-8,10-11,17H,9,12-16H2,1-2H3. The lowest BCUT2D eigenvalue weighted by Crippen LogP contribution is -2.48. The lowest BCUT2D eigenvalue weighted by Gasteiger charge is -2.36. The predicted molar refractivity (Wildman–Crippen MR) is 104 cm³/mol. The van der Waals surface area contributed by atoms with Gasteiger partial charge < -0.3 is 14.5 Å². The zero-order valence-electron chi connectivity index (χ0n) is 15.6. The molecule has 138 valence electrons. The van der Waals surface area contributed by atoms with E-state index in [1.165, 1.54) is 0 Å². The molecule has 0 bridgehead atoms. The third-order valence-electron chi connectivity index (χ3n) is 4.66. The van der Waals surface area contributed by atoms with Crippen molar-refractivity contribution in [2.45, 2.75) is 20.3 Å². The maximum absolute atomic E-state index is 12.7. The number of carbonyl (C=O) groups excluding carboxylic acids is 1. The highest BCUT2D eigenvalue weighted by Crippen LogP contribution is 2.18. The molecule has 5 nitrogen and oxygen atoms in total. The van der Waals surface area contributed by atoms with E-state index in [0.29, 0.717) is 12.5 Å². The predicted octanol–water partition coefficient (Wildman–Crippen LogP) is 3.47. The second-order valence-corrected chi connectivity index (χ2v) is 7.04. The van der Waals surface area contributed by atoms with E-state index in [1.807, 2.05) is 41.3 Å². The van der Waals surface area contributed by atoms with E-state index < -0.39 is 0 Å². The first kappa shape index (κ1) is 18.2. The average molecular weight is 353 g/mol. The molecule has 1 aliphatic rings. The van der Waals surface area contributed by atoms with Crippen LogP contribution in [0.1, 0.15) is 30.6 Å². The first-order chi connectivity index (χ1) is 12.6. The van der Waals surface area contributed by atoms with Gasteiger partial charge >= 0.3 is 0 Å². The van der Waals surface area contributed by atoms with E-state index in [9.17, 15) is 4.79 Å². The molecule has 0 N–H and O–H groups in total. The van der Waals surface area contributed by atoms with Crippen LogP contribution in [0.2, 0.25) is 0 Å². The Labute approximate surface area is 155 Å². The van der Waals surface area contributed by atoms with E-state index in [0.717, 1.165) is 49.6 Å². The summed E-state index contributed by atoms with van der Waals surface area (Å²) in [7, 11) is 0. The first-order valence-electron chi connectivity index (χ1n) is 9.30. The average Bonchev–Trinajstić information content (AvgIpc) is 2.68. The van der Waals surface area contributed by atoms with E-state index in [-0.39, 0.29) is 5.91 Å². The van der Waals surface area contributed by atoms with Gasteiger partial charge in [-0.05, 0) is 48.7 Å². The molecule has 1 aromatic heterocycles. The summed E-state index contributed by atoms with van der Waals surface area (Å²) in [5.74, 6) is 1.54. The minimum absolute atomic E-state index is 0.0908. The Balaban J connectivity index is 1.52. The lowest BCUT2D eigenvalue weighted by molar-refractivity contribution is 0.0746. The number of benzene rings is 1. The van der Waals surface area contributed by atoms with E-state index in [4.69, 9.17) is 4.74 Å².